The largest absolute Gasteiger partial charge is 0.497 e. The molecule has 0 saturated heterocycles. The third-order valence-electron chi connectivity index (χ3n) is 3.17. The fourth-order valence-corrected chi connectivity index (χ4v) is 2.00. The molecule has 21 heavy (non-hydrogen) atoms. The van der Waals surface area contributed by atoms with Crippen LogP contribution in [0.15, 0.2) is 53.5 Å². The monoisotopic (exact) mass is 283 g/mol. The predicted molar refractivity (Wildman–Crippen MR) is 87.8 cm³/mol. The minimum absolute atomic E-state index is 0.408. The van der Waals surface area contributed by atoms with Gasteiger partial charge in [-0.15, -0.1) is 0 Å². The minimum Gasteiger partial charge on any atom is -0.497 e. The topological polar surface area (TPSA) is 59.6 Å². The summed E-state index contributed by atoms with van der Waals surface area (Å²) in [4.78, 5) is 4.35. The number of aliphatic imine (C=N–C) groups is 1. The Morgan fingerprint density at radius 1 is 1.14 bits per heavy atom. The first-order valence-electron chi connectivity index (χ1n) is 7.00. The van der Waals surface area contributed by atoms with Gasteiger partial charge >= 0.3 is 0 Å². The number of nitrogens with zero attached hydrogens (tertiary/aromatic N) is 1. The average molecular weight is 283 g/mol. The van der Waals surface area contributed by atoms with Crippen LogP contribution in [0, 0.1) is 0 Å². The molecule has 0 fully saturated rings. The number of hydrogen-bond donors (Lipinski definition) is 2. The fourth-order valence-electron chi connectivity index (χ4n) is 2.00. The van der Waals surface area contributed by atoms with Crippen molar-refractivity contribution in [2.45, 2.75) is 19.9 Å². The van der Waals surface area contributed by atoms with Gasteiger partial charge in [-0.25, -0.2) is 4.99 Å². The summed E-state index contributed by atoms with van der Waals surface area (Å²) < 4.78 is 5.19. The van der Waals surface area contributed by atoms with Gasteiger partial charge in [0.25, 0.3) is 0 Å². The van der Waals surface area contributed by atoms with Crippen LogP contribution in [0.2, 0.25) is 0 Å². The zero-order valence-electron chi connectivity index (χ0n) is 12.5. The molecule has 0 aliphatic rings. The molecule has 0 radical (unpaired) electrons. The summed E-state index contributed by atoms with van der Waals surface area (Å²) in [6, 6.07) is 16.0. The molecule has 2 aromatic rings. The highest BCUT2D eigenvalue weighted by Gasteiger charge is 1.98. The van der Waals surface area contributed by atoms with E-state index in [1.807, 2.05) is 36.4 Å². The van der Waals surface area contributed by atoms with Crippen molar-refractivity contribution in [2.75, 3.05) is 12.4 Å². The first-order valence-corrected chi connectivity index (χ1v) is 7.00. The van der Waals surface area contributed by atoms with Gasteiger partial charge in [0.2, 0.25) is 0 Å². The molecule has 4 heteroatoms. The highest BCUT2D eigenvalue weighted by molar-refractivity contribution is 5.92. The Balaban J connectivity index is 2.00. The van der Waals surface area contributed by atoms with Gasteiger partial charge in [-0.3, -0.25) is 0 Å². The molecule has 110 valence electrons. The van der Waals surface area contributed by atoms with E-state index in [1.54, 1.807) is 7.11 Å². The third kappa shape index (κ3) is 4.53. The first kappa shape index (κ1) is 14.9. The zero-order valence-corrected chi connectivity index (χ0v) is 12.5. The lowest BCUT2D eigenvalue weighted by molar-refractivity contribution is 0.414. The lowest BCUT2D eigenvalue weighted by atomic mass is 10.1. The summed E-state index contributed by atoms with van der Waals surface area (Å²) in [6.07, 6.45) is 0.996. The van der Waals surface area contributed by atoms with E-state index in [9.17, 15) is 0 Å². The van der Waals surface area contributed by atoms with Crippen molar-refractivity contribution in [3.63, 3.8) is 0 Å². The Morgan fingerprint density at radius 2 is 1.90 bits per heavy atom. The van der Waals surface area contributed by atoms with E-state index in [2.05, 4.69) is 29.4 Å². The standard InChI is InChI=1S/C17H21N3O/c1-3-13-6-4-8-15(10-13)20-17(18)19-12-14-7-5-9-16(11-14)21-2/h4-11H,3,12H2,1-2H3,(H3,18,19,20). The first-order chi connectivity index (χ1) is 10.2. The molecule has 2 aromatic carbocycles. The second-order valence-corrected chi connectivity index (χ2v) is 4.73. The van der Waals surface area contributed by atoms with Crippen LogP contribution in [-0.2, 0) is 13.0 Å². The van der Waals surface area contributed by atoms with E-state index >= 15 is 0 Å². The van der Waals surface area contributed by atoms with Crippen LogP contribution in [0.1, 0.15) is 18.1 Å². The van der Waals surface area contributed by atoms with E-state index in [4.69, 9.17) is 10.5 Å². The number of nitrogens with one attached hydrogen (secondary N) is 1. The van der Waals surface area contributed by atoms with Gasteiger partial charge in [0.15, 0.2) is 5.96 Å². The molecule has 0 aromatic heterocycles. The van der Waals surface area contributed by atoms with Gasteiger partial charge in [0, 0.05) is 5.69 Å². The number of methoxy groups -OCH3 is 1. The quantitative estimate of drug-likeness (QED) is 0.654. The maximum Gasteiger partial charge on any atom is 0.193 e. The zero-order chi connectivity index (χ0) is 15.1. The van der Waals surface area contributed by atoms with Crippen molar-refractivity contribution in [3.05, 3.63) is 59.7 Å². The number of ether oxygens (including phenoxy) is 1. The van der Waals surface area contributed by atoms with Crippen LogP contribution in [0.5, 0.6) is 5.75 Å². The fraction of sp³-hybridized carbons (Fsp3) is 0.235. The second-order valence-electron chi connectivity index (χ2n) is 4.73. The summed E-state index contributed by atoms with van der Waals surface area (Å²) >= 11 is 0. The number of aryl methyl sites for hydroxylation is 1. The van der Waals surface area contributed by atoms with Gasteiger partial charge in [-0.05, 0) is 41.8 Å². The van der Waals surface area contributed by atoms with Crippen LogP contribution in [0.3, 0.4) is 0 Å². The number of nitrogens with two attached hydrogens (primary N) is 1. The molecule has 0 aliphatic carbocycles. The Bertz CT molecular complexity index is 623. The van der Waals surface area contributed by atoms with E-state index in [0.717, 1.165) is 23.4 Å². The summed E-state index contributed by atoms with van der Waals surface area (Å²) in [7, 11) is 1.65. The third-order valence-corrected chi connectivity index (χ3v) is 3.17. The second kappa shape index (κ2) is 7.33. The number of rotatable bonds is 5. The average Bonchev–Trinajstić information content (AvgIpc) is 2.53. The lowest BCUT2D eigenvalue weighted by Crippen LogP contribution is -2.22. The molecule has 0 bridgehead atoms. The molecule has 3 N–H and O–H groups in total. The maximum atomic E-state index is 5.92. The molecular formula is C17H21N3O. The molecule has 0 unspecified atom stereocenters. The van der Waals surface area contributed by atoms with Crippen molar-refractivity contribution in [1.29, 1.82) is 0 Å². The summed E-state index contributed by atoms with van der Waals surface area (Å²) in [5.41, 5.74) is 9.20. The molecular weight excluding hydrogens is 262 g/mol. The predicted octanol–water partition coefficient (Wildman–Crippen LogP) is 3.18. The van der Waals surface area contributed by atoms with Crippen molar-refractivity contribution in [2.24, 2.45) is 10.7 Å². The Kier molecular flexibility index (Phi) is 5.21. The van der Waals surface area contributed by atoms with Gasteiger partial charge < -0.3 is 15.8 Å². The molecule has 0 saturated carbocycles. The van der Waals surface area contributed by atoms with Crippen LogP contribution in [0.4, 0.5) is 5.69 Å². The SMILES string of the molecule is CCc1cccc(NC(N)=NCc2cccc(OC)c2)c1. The highest BCUT2D eigenvalue weighted by Crippen LogP contribution is 2.14. The van der Waals surface area contributed by atoms with E-state index in [1.165, 1.54) is 5.56 Å². The highest BCUT2D eigenvalue weighted by atomic mass is 16.5. The van der Waals surface area contributed by atoms with E-state index < -0.39 is 0 Å². The Labute approximate surface area is 125 Å². The Morgan fingerprint density at radius 3 is 2.67 bits per heavy atom. The van der Waals surface area contributed by atoms with Crippen molar-refractivity contribution >= 4 is 11.6 Å². The van der Waals surface area contributed by atoms with Crippen LogP contribution >= 0.6 is 0 Å². The summed E-state index contributed by atoms with van der Waals surface area (Å²) in [5.74, 6) is 1.23. The summed E-state index contributed by atoms with van der Waals surface area (Å²) in [5, 5.41) is 3.11. The number of anilines is 1. The molecule has 2 rings (SSSR count). The van der Waals surface area contributed by atoms with Crippen LogP contribution < -0.4 is 15.8 Å². The number of hydrogen-bond acceptors (Lipinski definition) is 2. The van der Waals surface area contributed by atoms with Crippen molar-refractivity contribution in [3.8, 4) is 5.75 Å². The number of guanidine groups is 1. The molecule has 0 amide bonds. The van der Waals surface area contributed by atoms with Gasteiger partial charge in [-0.1, -0.05) is 31.2 Å². The Hall–Kier alpha value is -2.49. The van der Waals surface area contributed by atoms with E-state index in [0.29, 0.717) is 12.5 Å². The van der Waals surface area contributed by atoms with Crippen molar-refractivity contribution < 1.29 is 4.74 Å². The van der Waals surface area contributed by atoms with Gasteiger partial charge in [0.1, 0.15) is 5.75 Å². The normalized spacial score (nSPS) is 11.2. The smallest absolute Gasteiger partial charge is 0.193 e. The van der Waals surface area contributed by atoms with Crippen LogP contribution in [-0.4, -0.2) is 13.1 Å². The van der Waals surface area contributed by atoms with Crippen LogP contribution in [0.25, 0.3) is 0 Å². The minimum atomic E-state index is 0.408. The van der Waals surface area contributed by atoms with Gasteiger partial charge in [0.05, 0.1) is 13.7 Å². The summed E-state index contributed by atoms with van der Waals surface area (Å²) in [6.45, 7) is 2.64. The van der Waals surface area contributed by atoms with E-state index in [-0.39, 0.29) is 0 Å². The lowest BCUT2D eigenvalue weighted by Gasteiger charge is -2.07. The molecule has 0 heterocycles. The van der Waals surface area contributed by atoms with Crippen molar-refractivity contribution in [1.82, 2.24) is 0 Å². The molecule has 0 aliphatic heterocycles. The number of benzene rings is 2. The molecule has 0 spiro atoms. The van der Waals surface area contributed by atoms with Gasteiger partial charge in [-0.2, -0.15) is 0 Å². The maximum absolute atomic E-state index is 5.92. The molecule has 0 atom stereocenters. The molecule has 4 nitrogen and oxygen atoms in total.